The number of benzene rings is 1. The van der Waals surface area contributed by atoms with Gasteiger partial charge in [0.05, 0.1) is 15.0 Å². The van der Waals surface area contributed by atoms with Gasteiger partial charge in [0.2, 0.25) is 0 Å². The summed E-state index contributed by atoms with van der Waals surface area (Å²) in [4.78, 5) is 23.8. The summed E-state index contributed by atoms with van der Waals surface area (Å²) in [5.41, 5.74) is -1.10. The summed E-state index contributed by atoms with van der Waals surface area (Å²) in [6.07, 6.45) is 0.260. The minimum Gasteiger partial charge on any atom is -0.444 e. The Kier molecular flexibility index (Phi) is 4.89. The predicted molar refractivity (Wildman–Crippen MR) is 109 cm³/mol. The highest BCUT2D eigenvalue weighted by molar-refractivity contribution is 9.10. The number of hydrogen-bond donors (Lipinski definition) is 0. The van der Waals surface area contributed by atoms with Crippen LogP contribution in [-0.4, -0.2) is 51.7 Å². The monoisotopic (exact) mass is 488 g/mol. The molecule has 2 heterocycles. The third-order valence-electron chi connectivity index (χ3n) is 5.17. The van der Waals surface area contributed by atoms with Crippen LogP contribution in [0.2, 0.25) is 5.02 Å². The minimum absolute atomic E-state index is 0.0316. The Hall–Kier alpha value is -1.74. The first kappa shape index (κ1) is 20.5. The standard InChI is InChI=1S/C19H20BrClF2N4O2/c1-18(2,3)29-17(28)27-7-6-26(9-19(27)4-5-19)15-10-8-11(21)12(20)13(22)14(10)24-16(23)25-15/h8H,4-7,9H2,1-3H3. The van der Waals surface area contributed by atoms with Gasteiger partial charge in [-0.1, -0.05) is 11.6 Å². The average Bonchev–Trinajstić information content (AvgIpc) is 3.37. The molecule has 1 saturated heterocycles. The number of anilines is 1. The first-order valence-electron chi connectivity index (χ1n) is 9.27. The number of rotatable bonds is 1. The highest BCUT2D eigenvalue weighted by Gasteiger charge is 2.54. The number of amides is 1. The summed E-state index contributed by atoms with van der Waals surface area (Å²) in [6, 6.07) is 1.53. The lowest BCUT2D eigenvalue weighted by atomic mass is 10.1. The first-order chi connectivity index (χ1) is 13.5. The summed E-state index contributed by atoms with van der Waals surface area (Å²) >= 11 is 9.17. The molecule has 4 rings (SSSR count). The molecule has 0 radical (unpaired) electrons. The van der Waals surface area contributed by atoms with Gasteiger partial charge in [-0.15, -0.1) is 0 Å². The van der Waals surface area contributed by atoms with Crippen LogP contribution in [0.15, 0.2) is 10.5 Å². The Morgan fingerprint density at radius 1 is 1.28 bits per heavy atom. The van der Waals surface area contributed by atoms with Crippen LogP contribution in [0, 0.1) is 11.9 Å². The van der Waals surface area contributed by atoms with E-state index in [1.165, 1.54) is 6.07 Å². The predicted octanol–water partition coefficient (Wildman–Crippen LogP) is 4.91. The van der Waals surface area contributed by atoms with Crippen molar-refractivity contribution in [2.45, 2.75) is 44.8 Å². The van der Waals surface area contributed by atoms with Crippen LogP contribution in [0.1, 0.15) is 33.6 Å². The normalized spacial score (nSPS) is 18.4. The summed E-state index contributed by atoms with van der Waals surface area (Å²) in [5.74, 6) is -0.459. The highest BCUT2D eigenvalue weighted by Crippen LogP contribution is 2.46. The van der Waals surface area contributed by atoms with E-state index in [9.17, 15) is 13.6 Å². The quantitative estimate of drug-likeness (QED) is 0.421. The van der Waals surface area contributed by atoms with Gasteiger partial charge in [-0.3, -0.25) is 4.90 Å². The molecule has 1 saturated carbocycles. The van der Waals surface area contributed by atoms with E-state index in [1.807, 2.05) is 25.7 Å². The number of carbonyl (C=O) groups is 1. The van der Waals surface area contributed by atoms with E-state index in [1.54, 1.807) is 4.90 Å². The summed E-state index contributed by atoms with van der Waals surface area (Å²) in [6.45, 7) is 6.73. The number of halogens is 4. The van der Waals surface area contributed by atoms with Crippen molar-refractivity contribution in [3.63, 3.8) is 0 Å². The fourth-order valence-corrected chi connectivity index (χ4v) is 4.20. The largest absolute Gasteiger partial charge is 0.444 e. The molecular formula is C19H20BrClF2N4O2. The summed E-state index contributed by atoms with van der Waals surface area (Å²) < 4.78 is 34.3. The second-order valence-electron chi connectivity index (χ2n) is 8.48. The number of nitrogens with zero attached hydrogens (tertiary/aromatic N) is 4. The van der Waals surface area contributed by atoms with Crippen LogP contribution < -0.4 is 4.90 Å². The minimum atomic E-state index is -1.01. The molecule has 0 N–H and O–H groups in total. The highest BCUT2D eigenvalue weighted by atomic mass is 79.9. The topological polar surface area (TPSA) is 58.6 Å². The molecule has 29 heavy (non-hydrogen) atoms. The van der Waals surface area contributed by atoms with Gasteiger partial charge >= 0.3 is 12.2 Å². The molecule has 156 valence electrons. The van der Waals surface area contributed by atoms with Crippen molar-refractivity contribution in [3.8, 4) is 0 Å². The number of hydrogen-bond acceptors (Lipinski definition) is 5. The second kappa shape index (κ2) is 6.91. The van der Waals surface area contributed by atoms with Gasteiger partial charge in [0.15, 0.2) is 5.82 Å². The fourth-order valence-electron chi connectivity index (χ4n) is 3.70. The number of aromatic nitrogens is 2. The molecule has 2 aliphatic rings. The first-order valence-corrected chi connectivity index (χ1v) is 10.4. The van der Waals surface area contributed by atoms with Gasteiger partial charge < -0.3 is 9.64 Å². The van der Waals surface area contributed by atoms with Crippen molar-refractivity contribution in [2.24, 2.45) is 0 Å². The van der Waals surface area contributed by atoms with E-state index < -0.39 is 17.5 Å². The Labute approximate surface area is 180 Å². The lowest BCUT2D eigenvalue weighted by Crippen LogP contribution is -2.58. The zero-order valence-corrected chi connectivity index (χ0v) is 18.6. The molecule has 1 aromatic heterocycles. The van der Waals surface area contributed by atoms with Crippen LogP contribution in [0.4, 0.5) is 19.4 Å². The van der Waals surface area contributed by atoms with Gasteiger partial charge in [0, 0.05) is 25.0 Å². The molecule has 2 fully saturated rings. The van der Waals surface area contributed by atoms with Crippen LogP contribution in [0.25, 0.3) is 10.9 Å². The smallest absolute Gasteiger partial charge is 0.410 e. The van der Waals surface area contributed by atoms with E-state index in [-0.39, 0.29) is 32.5 Å². The van der Waals surface area contributed by atoms with Crippen molar-refractivity contribution in [3.05, 3.63) is 27.5 Å². The zero-order valence-electron chi connectivity index (χ0n) is 16.2. The third kappa shape index (κ3) is 3.74. The Balaban J connectivity index is 1.68. The number of fused-ring (bicyclic) bond motifs is 1. The molecule has 0 unspecified atom stereocenters. The zero-order chi connectivity index (χ0) is 21.1. The molecule has 1 spiro atoms. The molecule has 1 amide bonds. The Morgan fingerprint density at radius 2 is 1.97 bits per heavy atom. The molecular weight excluding hydrogens is 470 g/mol. The molecule has 2 aromatic rings. The van der Waals surface area contributed by atoms with Crippen LogP contribution in [0.5, 0.6) is 0 Å². The maximum Gasteiger partial charge on any atom is 0.410 e. The molecule has 0 atom stereocenters. The van der Waals surface area contributed by atoms with Crippen LogP contribution >= 0.6 is 27.5 Å². The molecule has 1 aliphatic heterocycles. The maximum absolute atomic E-state index is 14.6. The number of ether oxygens (including phenoxy) is 1. The van der Waals surface area contributed by atoms with E-state index in [2.05, 4.69) is 25.9 Å². The molecule has 10 heteroatoms. The average molecular weight is 490 g/mol. The lowest BCUT2D eigenvalue weighted by molar-refractivity contribution is 0.0106. The lowest BCUT2D eigenvalue weighted by Gasteiger charge is -2.43. The second-order valence-corrected chi connectivity index (χ2v) is 9.68. The number of piperazine rings is 1. The van der Waals surface area contributed by atoms with Crippen molar-refractivity contribution in [1.82, 2.24) is 14.9 Å². The SMILES string of the molecule is CC(C)(C)OC(=O)N1CCN(c2nc(F)nc3c(F)c(Br)c(Cl)cc23)CC12CC2. The molecule has 1 aromatic carbocycles. The van der Waals surface area contributed by atoms with Gasteiger partial charge in [-0.2, -0.15) is 14.4 Å². The van der Waals surface area contributed by atoms with Crippen molar-refractivity contribution >= 4 is 50.3 Å². The van der Waals surface area contributed by atoms with E-state index >= 15 is 0 Å². The van der Waals surface area contributed by atoms with Gasteiger partial charge in [0.25, 0.3) is 0 Å². The summed E-state index contributed by atoms with van der Waals surface area (Å²) in [7, 11) is 0. The Bertz CT molecular complexity index is 1010. The summed E-state index contributed by atoms with van der Waals surface area (Å²) in [5, 5.41) is 0.485. The van der Waals surface area contributed by atoms with Gasteiger partial charge in [-0.25, -0.2) is 9.18 Å². The maximum atomic E-state index is 14.6. The van der Waals surface area contributed by atoms with Crippen LogP contribution in [-0.2, 0) is 4.74 Å². The van der Waals surface area contributed by atoms with E-state index in [0.29, 0.717) is 25.0 Å². The fraction of sp³-hybridized carbons (Fsp3) is 0.526. The van der Waals surface area contributed by atoms with Gasteiger partial charge in [-0.05, 0) is 55.6 Å². The van der Waals surface area contributed by atoms with Crippen molar-refractivity contribution < 1.29 is 18.3 Å². The van der Waals surface area contributed by atoms with E-state index in [4.69, 9.17) is 16.3 Å². The van der Waals surface area contributed by atoms with Gasteiger partial charge in [0.1, 0.15) is 16.9 Å². The molecule has 1 aliphatic carbocycles. The molecule has 0 bridgehead atoms. The molecule has 6 nitrogen and oxygen atoms in total. The number of carbonyl (C=O) groups excluding carboxylic acids is 1. The van der Waals surface area contributed by atoms with Crippen LogP contribution in [0.3, 0.4) is 0 Å². The van der Waals surface area contributed by atoms with Crippen molar-refractivity contribution in [1.29, 1.82) is 0 Å². The Morgan fingerprint density at radius 3 is 2.59 bits per heavy atom. The van der Waals surface area contributed by atoms with Crippen molar-refractivity contribution in [2.75, 3.05) is 24.5 Å². The van der Waals surface area contributed by atoms with E-state index in [0.717, 1.165) is 12.8 Å². The third-order valence-corrected chi connectivity index (χ3v) is 6.47.